The molecule has 0 bridgehead atoms. The van der Waals surface area contributed by atoms with Crippen molar-refractivity contribution < 1.29 is 4.74 Å². The fraction of sp³-hybridized carbons (Fsp3) is 0.333. The first kappa shape index (κ1) is 12.6. The predicted molar refractivity (Wildman–Crippen MR) is 70.8 cm³/mol. The van der Waals surface area contributed by atoms with E-state index >= 15 is 0 Å². The highest BCUT2D eigenvalue weighted by Crippen LogP contribution is 2.20. The third-order valence-electron chi connectivity index (χ3n) is 2.46. The monoisotopic (exact) mass is 216 g/mol. The summed E-state index contributed by atoms with van der Waals surface area (Å²) in [6, 6.07) is 6.22. The maximum atomic E-state index is 5.50. The quantitative estimate of drug-likeness (QED) is 0.664. The Hall–Kier alpha value is -1.50. The van der Waals surface area contributed by atoms with E-state index in [2.05, 4.69) is 44.7 Å². The van der Waals surface area contributed by atoms with Crippen molar-refractivity contribution >= 4 is 6.08 Å². The molecule has 0 N–H and O–H groups in total. The summed E-state index contributed by atoms with van der Waals surface area (Å²) >= 11 is 0. The van der Waals surface area contributed by atoms with Crippen molar-refractivity contribution in [3.8, 4) is 5.75 Å². The second-order valence-corrected chi connectivity index (χ2v) is 3.80. The van der Waals surface area contributed by atoms with Crippen LogP contribution in [-0.2, 0) is 0 Å². The topological polar surface area (TPSA) is 9.23 Å². The normalized spacial score (nSPS) is 10.7. The van der Waals surface area contributed by atoms with Crippen molar-refractivity contribution in [1.29, 1.82) is 0 Å². The third kappa shape index (κ3) is 3.58. The molecule has 16 heavy (non-hydrogen) atoms. The van der Waals surface area contributed by atoms with Crippen LogP contribution >= 0.6 is 0 Å². The van der Waals surface area contributed by atoms with E-state index in [0.29, 0.717) is 6.61 Å². The van der Waals surface area contributed by atoms with Gasteiger partial charge in [-0.25, -0.2) is 0 Å². The number of benzene rings is 1. The van der Waals surface area contributed by atoms with Gasteiger partial charge in [-0.15, -0.1) is 0 Å². The van der Waals surface area contributed by atoms with Crippen LogP contribution in [0.25, 0.3) is 6.08 Å². The minimum atomic E-state index is 0.711. The molecule has 0 spiro atoms. The molecular formula is C15H20O. The summed E-state index contributed by atoms with van der Waals surface area (Å²) in [5, 5.41) is 0. The van der Waals surface area contributed by atoms with Crippen LogP contribution in [-0.4, -0.2) is 6.61 Å². The number of rotatable bonds is 5. The smallest absolute Gasteiger partial charge is 0.122 e. The molecule has 86 valence electrons. The van der Waals surface area contributed by atoms with Crippen LogP contribution in [0.4, 0.5) is 0 Å². The average Bonchev–Trinajstić information content (AvgIpc) is 2.29. The van der Waals surface area contributed by atoms with Crippen molar-refractivity contribution in [3.63, 3.8) is 0 Å². The molecule has 1 nitrogen and oxygen atoms in total. The molecule has 0 aliphatic rings. The van der Waals surface area contributed by atoms with E-state index < -0.39 is 0 Å². The van der Waals surface area contributed by atoms with Crippen molar-refractivity contribution in [3.05, 3.63) is 47.6 Å². The second-order valence-electron chi connectivity index (χ2n) is 3.80. The molecule has 0 saturated heterocycles. The van der Waals surface area contributed by atoms with Gasteiger partial charge >= 0.3 is 0 Å². The lowest BCUT2D eigenvalue weighted by Gasteiger charge is -2.07. The summed E-state index contributed by atoms with van der Waals surface area (Å²) in [6.07, 6.45) is 5.15. The van der Waals surface area contributed by atoms with Gasteiger partial charge in [-0.1, -0.05) is 37.3 Å². The van der Waals surface area contributed by atoms with Crippen molar-refractivity contribution in [1.82, 2.24) is 0 Å². The maximum Gasteiger partial charge on any atom is 0.122 e. The highest BCUT2D eigenvalue weighted by atomic mass is 16.5. The van der Waals surface area contributed by atoms with Crippen molar-refractivity contribution in [2.45, 2.75) is 27.2 Å². The molecule has 0 amide bonds. The summed E-state index contributed by atoms with van der Waals surface area (Å²) in [5.74, 6) is 0.967. The van der Waals surface area contributed by atoms with Gasteiger partial charge in [0.25, 0.3) is 0 Å². The average molecular weight is 216 g/mol. The van der Waals surface area contributed by atoms with Crippen LogP contribution in [0.3, 0.4) is 0 Å². The molecule has 0 fully saturated rings. The molecule has 0 aliphatic heterocycles. The Morgan fingerprint density at radius 2 is 2.12 bits per heavy atom. The van der Waals surface area contributed by atoms with Crippen LogP contribution in [0.15, 0.2) is 36.4 Å². The Kier molecular flexibility index (Phi) is 4.84. The van der Waals surface area contributed by atoms with E-state index in [1.165, 1.54) is 11.1 Å². The molecule has 0 radical (unpaired) electrons. The van der Waals surface area contributed by atoms with Gasteiger partial charge in [0, 0.05) is 0 Å². The van der Waals surface area contributed by atoms with Gasteiger partial charge in [-0.2, -0.15) is 0 Å². The van der Waals surface area contributed by atoms with Gasteiger partial charge in [-0.05, 0) is 43.5 Å². The number of aryl methyl sites for hydroxylation is 1. The first-order chi connectivity index (χ1) is 7.67. The Bertz CT molecular complexity index is 388. The molecule has 0 heterocycles. The Balaban J connectivity index is 2.81. The van der Waals surface area contributed by atoms with Gasteiger partial charge in [0.2, 0.25) is 0 Å². The summed E-state index contributed by atoms with van der Waals surface area (Å²) < 4.78 is 5.50. The number of allylic oxidation sites excluding steroid dienone is 2. The number of ether oxygens (including phenoxy) is 1. The fourth-order valence-electron chi connectivity index (χ4n) is 1.43. The molecule has 0 saturated carbocycles. The van der Waals surface area contributed by atoms with E-state index in [4.69, 9.17) is 4.74 Å². The highest BCUT2D eigenvalue weighted by molar-refractivity contribution is 5.55. The lowest BCUT2D eigenvalue weighted by Crippen LogP contribution is -1.93. The summed E-state index contributed by atoms with van der Waals surface area (Å²) in [6.45, 7) is 10.8. The van der Waals surface area contributed by atoms with Crippen LogP contribution in [0.2, 0.25) is 0 Å². The first-order valence-electron chi connectivity index (χ1n) is 5.76. The summed E-state index contributed by atoms with van der Waals surface area (Å²) in [5.41, 5.74) is 3.51. The Morgan fingerprint density at radius 3 is 2.69 bits per heavy atom. The molecule has 0 aromatic heterocycles. The molecule has 1 aromatic rings. The van der Waals surface area contributed by atoms with Gasteiger partial charge < -0.3 is 4.74 Å². The zero-order valence-corrected chi connectivity index (χ0v) is 10.4. The minimum absolute atomic E-state index is 0.711. The molecule has 1 rings (SSSR count). The van der Waals surface area contributed by atoms with Crippen molar-refractivity contribution in [2.24, 2.45) is 0 Å². The largest absolute Gasteiger partial charge is 0.494 e. The molecule has 1 aromatic carbocycles. The number of hydrogen-bond donors (Lipinski definition) is 0. The standard InChI is InChI=1S/C15H20O/c1-5-12(3)7-8-14-9-10-15(16-6-2)13(4)11-14/h7-11H,3,5-6H2,1-2,4H3/b8-7+. The zero-order valence-electron chi connectivity index (χ0n) is 10.4. The molecule has 0 atom stereocenters. The van der Waals surface area contributed by atoms with Crippen molar-refractivity contribution in [2.75, 3.05) is 6.61 Å². The van der Waals surface area contributed by atoms with Crippen LogP contribution in [0, 0.1) is 6.92 Å². The van der Waals surface area contributed by atoms with E-state index in [-0.39, 0.29) is 0 Å². The zero-order chi connectivity index (χ0) is 12.0. The summed E-state index contributed by atoms with van der Waals surface area (Å²) in [4.78, 5) is 0. The molecule has 0 unspecified atom stereocenters. The number of hydrogen-bond acceptors (Lipinski definition) is 1. The van der Waals surface area contributed by atoms with Gasteiger partial charge in [0.15, 0.2) is 0 Å². The van der Waals surface area contributed by atoms with E-state index in [1.54, 1.807) is 0 Å². The molecule has 1 heteroatoms. The van der Waals surface area contributed by atoms with Gasteiger partial charge in [0.1, 0.15) is 5.75 Å². The SMILES string of the molecule is C=C(/C=C/c1ccc(OCC)c(C)c1)CC. The van der Waals surface area contributed by atoms with E-state index in [9.17, 15) is 0 Å². The van der Waals surface area contributed by atoms with Crippen LogP contribution in [0.1, 0.15) is 31.4 Å². The predicted octanol–water partition coefficient (Wildman–Crippen LogP) is 4.37. The highest BCUT2D eigenvalue weighted by Gasteiger charge is 1.98. The fourth-order valence-corrected chi connectivity index (χ4v) is 1.43. The van der Waals surface area contributed by atoms with Gasteiger partial charge in [0.05, 0.1) is 6.61 Å². The van der Waals surface area contributed by atoms with Gasteiger partial charge in [-0.3, -0.25) is 0 Å². The Labute approximate surface area is 98.5 Å². The van der Waals surface area contributed by atoms with E-state index in [1.807, 2.05) is 13.0 Å². The van der Waals surface area contributed by atoms with Crippen LogP contribution in [0.5, 0.6) is 5.75 Å². The molecular weight excluding hydrogens is 196 g/mol. The van der Waals surface area contributed by atoms with Crippen LogP contribution < -0.4 is 4.74 Å². The summed E-state index contributed by atoms with van der Waals surface area (Å²) in [7, 11) is 0. The lowest BCUT2D eigenvalue weighted by molar-refractivity contribution is 0.338. The third-order valence-corrected chi connectivity index (χ3v) is 2.46. The minimum Gasteiger partial charge on any atom is -0.494 e. The first-order valence-corrected chi connectivity index (χ1v) is 5.76. The second kappa shape index (κ2) is 6.16. The Morgan fingerprint density at radius 1 is 1.38 bits per heavy atom. The maximum absolute atomic E-state index is 5.50. The molecule has 0 aliphatic carbocycles. The lowest BCUT2D eigenvalue weighted by atomic mass is 10.1. The van der Waals surface area contributed by atoms with E-state index in [0.717, 1.165) is 17.7 Å².